The second-order valence-electron chi connectivity index (χ2n) is 8.52. The number of fused-ring (bicyclic) bond motifs is 1. The summed E-state index contributed by atoms with van der Waals surface area (Å²) in [6.45, 7) is 6.45. The van der Waals surface area contributed by atoms with Crippen LogP contribution in [0.5, 0.6) is 0 Å². The van der Waals surface area contributed by atoms with Crippen LogP contribution in [0.25, 0.3) is 22.2 Å². The number of carbonyl (C=O) groups is 1. The zero-order valence-corrected chi connectivity index (χ0v) is 18.8. The fourth-order valence-electron chi connectivity index (χ4n) is 4.35. The predicted molar refractivity (Wildman–Crippen MR) is 127 cm³/mol. The summed E-state index contributed by atoms with van der Waals surface area (Å²) in [5.41, 5.74) is 6.21. The molecule has 0 aliphatic carbocycles. The number of ether oxygens (including phenoxy) is 2. The zero-order valence-electron chi connectivity index (χ0n) is 18.8. The third-order valence-corrected chi connectivity index (χ3v) is 6.12. The van der Waals surface area contributed by atoms with Gasteiger partial charge in [-0.1, -0.05) is 37.3 Å². The van der Waals surface area contributed by atoms with E-state index in [2.05, 4.69) is 34.6 Å². The van der Waals surface area contributed by atoms with E-state index in [1.807, 2.05) is 25.1 Å². The van der Waals surface area contributed by atoms with Crippen LogP contribution in [-0.2, 0) is 27.3 Å². The van der Waals surface area contributed by atoms with Crippen molar-refractivity contribution in [2.24, 2.45) is 5.92 Å². The van der Waals surface area contributed by atoms with Crippen molar-refractivity contribution in [2.75, 3.05) is 25.1 Å². The van der Waals surface area contributed by atoms with Gasteiger partial charge >= 0.3 is 5.97 Å². The number of H-pyrrole nitrogens is 1. The normalized spacial score (nSPS) is 15.7. The van der Waals surface area contributed by atoms with Crippen LogP contribution in [0.15, 0.2) is 42.5 Å². The van der Waals surface area contributed by atoms with Crippen molar-refractivity contribution in [1.29, 1.82) is 0 Å². The Balaban J connectivity index is 1.85. The van der Waals surface area contributed by atoms with Crippen LogP contribution in [0.2, 0.25) is 0 Å². The molecule has 1 saturated heterocycles. The number of aromatic amines is 1. The Morgan fingerprint density at radius 3 is 2.69 bits per heavy atom. The molecule has 6 heteroatoms. The van der Waals surface area contributed by atoms with E-state index in [0.717, 1.165) is 65.0 Å². The Hall–Kier alpha value is -2.83. The van der Waals surface area contributed by atoms with Crippen LogP contribution in [0.4, 0.5) is 5.69 Å². The molecule has 3 aromatic rings. The third-order valence-electron chi connectivity index (χ3n) is 6.12. The highest BCUT2D eigenvalue weighted by Crippen LogP contribution is 2.37. The molecular formula is C26H32N2O4. The molecule has 2 aromatic carbocycles. The molecule has 170 valence electrons. The number of carboxylic acid groups (broad SMARTS) is 1. The van der Waals surface area contributed by atoms with Gasteiger partial charge < -0.3 is 24.9 Å². The Labute approximate surface area is 188 Å². The molecule has 1 atom stereocenters. The lowest BCUT2D eigenvalue weighted by Gasteiger charge is -2.25. The van der Waals surface area contributed by atoms with E-state index < -0.39 is 11.9 Å². The number of rotatable bonds is 9. The van der Waals surface area contributed by atoms with Crippen LogP contribution >= 0.6 is 0 Å². The van der Waals surface area contributed by atoms with Crippen LogP contribution in [-0.4, -0.2) is 41.9 Å². The quantitative estimate of drug-likeness (QED) is 0.428. The van der Waals surface area contributed by atoms with E-state index in [0.29, 0.717) is 25.7 Å². The van der Waals surface area contributed by atoms with Crippen molar-refractivity contribution in [3.05, 3.63) is 53.6 Å². The monoisotopic (exact) mass is 436 g/mol. The molecule has 1 unspecified atom stereocenters. The lowest BCUT2D eigenvalue weighted by Crippen LogP contribution is -2.28. The van der Waals surface area contributed by atoms with Crippen molar-refractivity contribution < 1.29 is 19.4 Å². The minimum Gasteiger partial charge on any atom is -0.481 e. The molecule has 1 aliphatic heterocycles. The topological polar surface area (TPSA) is 83.6 Å². The minimum atomic E-state index is -0.788. The molecule has 32 heavy (non-hydrogen) atoms. The standard InChI is InChI=1S/C26H32N2O4/c1-3-31-16-18-14-22-21(13-17(2)26(29)30)24(19-7-5-4-6-8-19)28-25(22)23(15-18)27-20-9-11-32-12-10-20/h4-8,14-15,17,20,27-28H,3,9-13,16H2,1-2H3,(H,29,30). The van der Waals surface area contributed by atoms with Gasteiger partial charge in [-0.3, -0.25) is 4.79 Å². The zero-order chi connectivity index (χ0) is 22.5. The maximum Gasteiger partial charge on any atom is 0.306 e. The Morgan fingerprint density at radius 1 is 1.25 bits per heavy atom. The van der Waals surface area contributed by atoms with Gasteiger partial charge in [0.2, 0.25) is 0 Å². The van der Waals surface area contributed by atoms with Crippen molar-refractivity contribution in [2.45, 2.75) is 45.8 Å². The summed E-state index contributed by atoms with van der Waals surface area (Å²) in [7, 11) is 0. The van der Waals surface area contributed by atoms with Crippen molar-refractivity contribution in [3.8, 4) is 11.3 Å². The Kier molecular flexibility index (Phi) is 7.12. The lowest BCUT2D eigenvalue weighted by molar-refractivity contribution is -0.141. The van der Waals surface area contributed by atoms with Crippen LogP contribution in [0.1, 0.15) is 37.8 Å². The summed E-state index contributed by atoms with van der Waals surface area (Å²) in [5, 5.41) is 14.4. The Morgan fingerprint density at radius 2 is 2.00 bits per heavy atom. The van der Waals surface area contributed by atoms with Crippen LogP contribution in [0.3, 0.4) is 0 Å². The second-order valence-corrected chi connectivity index (χ2v) is 8.52. The highest BCUT2D eigenvalue weighted by atomic mass is 16.5. The van der Waals surface area contributed by atoms with Gasteiger partial charge in [-0.2, -0.15) is 0 Å². The van der Waals surface area contributed by atoms with E-state index in [1.54, 1.807) is 6.92 Å². The summed E-state index contributed by atoms with van der Waals surface area (Å²) in [5.74, 6) is -1.27. The highest BCUT2D eigenvalue weighted by molar-refractivity contribution is 5.99. The molecule has 0 amide bonds. The molecule has 1 fully saturated rings. The SMILES string of the molecule is CCOCc1cc(NC2CCOCC2)c2[nH]c(-c3ccccc3)c(CC(C)C(=O)O)c2c1. The number of hydrogen-bond donors (Lipinski definition) is 3. The number of benzene rings is 2. The second kappa shape index (κ2) is 10.2. The van der Waals surface area contributed by atoms with Crippen molar-refractivity contribution >= 4 is 22.6 Å². The number of aliphatic carboxylic acids is 1. The first kappa shape index (κ1) is 22.4. The van der Waals surface area contributed by atoms with Gasteiger partial charge in [-0.05, 0) is 55.0 Å². The maximum atomic E-state index is 11.7. The number of nitrogens with one attached hydrogen (secondary N) is 2. The smallest absolute Gasteiger partial charge is 0.306 e. The van der Waals surface area contributed by atoms with Gasteiger partial charge in [0, 0.05) is 36.9 Å². The molecule has 3 N–H and O–H groups in total. The molecule has 2 heterocycles. The summed E-state index contributed by atoms with van der Waals surface area (Å²) >= 11 is 0. The first-order chi connectivity index (χ1) is 15.6. The largest absolute Gasteiger partial charge is 0.481 e. The molecule has 0 bridgehead atoms. The van der Waals surface area contributed by atoms with Gasteiger partial charge in [0.1, 0.15) is 0 Å². The fourth-order valence-corrected chi connectivity index (χ4v) is 4.35. The van der Waals surface area contributed by atoms with E-state index in [4.69, 9.17) is 9.47 Å². The number of carboxylic acids is 1. The van der Waals surface area contributed by atoms with E-state index in [-0.39, 0.29) is 0 Å². The molecule has 6 nitrogen and oxygen atoms in total. The fraction of sp³-hybridized carbons (Fsp3) is 0.423. The van der Waals surface area contributed by atoms with Gasteiger partial charge in [0.25, 0.3) is 0 Å². The Bertz CT molecular complexity index is 1050. The van der Waals surface area contributed by atoms with Gasteiger partial charge in [0.05, 0.1) is 23.7 Å². The van der Waals surface area contributed by atoms with Crippen molar-refractivity contribution in [1.82, 2.24) is 4.98 Å². The van der Waals surface area contributed by atoms with Crippen molar-refractivity contribution in [3.63, 3.8) is 0 Å². The number of hydrogen-bond acceptors (Lipinski definition) is 4. The maximum absolute atomic E-state index is 11.7. The van der Waals surface area contributed by atoms with Crippen LogP contribution < -0.4 is 5.32 Å². The van der Waals surface area contributed by atoms with Gasteiger partial charge in [-0.15, -0.1) is 0 Å². The minimum absolute atomic E-state index is 0.346. The molecular weight excluding hydrogens is 404 g/mol. The molecule has 0 spiro atoms. The summed E-state index contributed by atoms with van der Waals surface area (Å²) < 4.78 is 11.2. The molecule has 4 rings (SSSR count). The number of anilines is 1. The summed E-state index contributed by atoms with van der Waals surface area (Å²) in [6.07, 6.45) is 2.38. The third kappa shape index (κ3) is 4.97. The van der Waals surface area contributed by atoms with E-state index in [1.165, 1.54) is 0 Å². The molecule has 0 saturated carbocycles. The van der Waals surface area contributed by atoms with Gasteiger partial charge in [0.15, 0.2) is 0 Å². The molecule has 1 aromatic heterocycles. The lowest BCUT2D eigenvalue weighted by atomic mass is 9.95. The molecule has 1 aliphatic rings. The van der Waals surface area contributed by atoms with E-state index >= 15 is 0 Å². The van der Waals surface area contributed by atoms with E-state index in [9.17, 15) is 9.90 Å². The first-order valence-electron chi connectivity index (χ1n) is 11.4. The average molecular weight is 437 g/mol. The summed E-state index contributed by atoms with van der Waals surface area (Å²) in [4.78, 5) is 15.3. The molecule has 0 radical (unpaired) electrons. The summed E-state index contributed by atoms with van der Waals surface area (Å²) in [6, 6.07) is 14.8. The predicted octanol–water partition coefficient (Wildman–Crippen LogP) is 5.23. The first-order valence-corrected chi connectivity index (χ1v) is 11.4. The van der Waals surface area contributed by atoms with Gasteiger partial charge in [-0.25, -0.2) is 0 Å². The van der Waals surface area contributed by atoms with Crippen LogP contribution in [0, 0.1) is 5.92 Å². The number of aromatic nitrogens is 1. The average Bonchev–Trinajstić information content (AvgIpc) is 3.17. The highest BCUT2D eigenvalue weighted by Gasteiger charge is 2.22.